The summed E-state index contributed by atoms with van der Waals surface area (Å²) in [5, 5.41) is 2.56. The number of hydrogen-bond acceptors (Lipinski definition) is 4. The Hall–Kier alpha value is -2.59. The summed E-state index contributed by atoms with van der Waals surface area (Å²) in [5.74, 6) is -0.653. The van der Waals surface area contributed by atoms with Crippen molar-refractivity contribution in [3.05, 3.63) is 54.1 Å². The van der Waals surface area contributed by atoms with E-state index >= 15 is 0 Å². The predicted molar refractivity (Wildman–Crippen MR) is 96.0 cm³/mol. The topological polar surface area (TPSA) is 78.5 Å². The number of sulfonamides is 1. The first-order valence-corrected chi connectivity index (χ1v) is 9.22. The van der Waals surface area contributed by atoms with E-state index in [0.717, 1.165) is 18.2 Å². The minimum Gasteiger partial charge on any atom is -0.376 e. The van der Waals surface area contributed by atoms with E-state index in [2.05, 4.69) is 5.32 Å². The fourth-order valence-electron chi connectivity index (χ4n) is 2.25. The fourth-order valence-corrected chi connectivity index (χ4v) is 3.27. The summed E-state index contributed by atoms with van der Waals surface area (Å²) < 4.78 is 64.6. The van der Waals surface area contributed by atoms with Gasteiger partial charge in [0.1, 0.15) is 0 Å². The lowest BCUT2D eigenvalue weighted by molar-refractivity contribution is -0.137. The molecule has 2 N–H and O–H groups in total. The summed E-state index contributed by atoms with van der Waals surface area (Å²) in [5.41, 5.74) is 0.104. The van der Waals surface area contributed by atoms with Gasteiger partial charge in [0.05, 0.1) is 28.4 Å². The van der Waals surface area contributed by atoms with Crippen LogP contribution < -0.4 is 14.9 Å². The Bertz CT molecular complexity index is 928. The van der Waals surface area contributed by atoms with E-state index < -0.39 is 39.1 Å². The van der Waals surface area contributed by atoms with Crippen molar-refractivity contribution < 1.29 is 26.4 Å². The van der Waals surface area contributed by atoms with Crippen LogP contribution in [0.4, 0.5) is 24.5 Å². The Morgan fingerprint density at radius 1 is 1.07 bits per heavy atom. The van der Waals surface area contributed by atoms with Gasteiger partial charge in [-0.05, 0) is 30.3 Å². The first kappa shape index (κ1) is 20.7. The van der Waals surface area contributed by atoms with Crippen LogP contribution in [0.15, 0.2) is 53.4 Å². The van der Waals surface area contributed by atoms with Crippen molar-refractivity contribution in [2.24, 2.45) is 0 Å². The largest absolute Gasteiger partial charge is 0.416 e. The van der Waals surface area contributed by atoms with Gasteiger partial charge in [-0.25, -0.2) is 13.1 Å². The molecule has 0 spiro atoms. The summed E-state index contributed by atoms with van der Waals surface area (Å²) in [6, 6.07) is 10.2. The molecule has 0 aliphatic rings. The molecule has 6 nitrogen and oxygen atoms in total. The van der Waals surface area contributed by atoms with Gasteiger partial charge in [0.25, 0.3) is 0 Å². The summed E-state index contributed by atoms with van der Waals surface area (Å²) in [7, 11) is -0.720. The fraction of sp³-hybridized carbons (Fsp3) is 0.235. The number of nitrogens with one attached hydrogen (secondary N) is 2. The molecule has 0 aliphatic heterocycles. The van der Waals surface area contributed by atoms with Crippen LogP contribution >= 0.6 is 0 Å². The third-order valence-electron chi connectivity index (χ3n) is 3.55. The van der Waals surface area contributed by atoms with Gasteiger partial charge in [0.15, 0.2) is 0 Å². The number of hydrogen-bond donors (Lipinski definition) is 2. The molecular formula is C17H18F3N3O3S. The molecule has 0 aromatic heterocycles. The molecule has 0 saturated heterocycles. The van der Waals surface area contributed by atoms with E-state index in [1.165, 1.54) is 0 Å². The molecule has 10 heteroatoms. The van der Waals surface area contributed by atoms with Gasteiger partial charge >= 0.3 is 6.18 Å². The van der Waals surface area contributed by atoms with E-state index in [1.807, 2.05) is 4.72 Å². The van der Waals surface area contributed by atoms with Crippen molar-refractivity contribution in [3.8, 4) is 0 Å². The molecule has 27 heavy (non-hydrogen) atoms. The molecule has 0 fully saturated rings. The van der Waals surface area contributed by atoms with Crippen molar-refractivity contribution >= 4 is 27.3 Å². The number of carbonyl (C=O) groups is 1. The molecule has 2 aromatic rings. The zero-order chi connectivity index (χ0) is 20.2. The highest BCUT2D eigenvalue weighted by Gasteiger charge is 2.31. The van der Waals surface area contributed by atoms with Gasteiger partial charge in [0.2, 0.25) is 15.9 Å². The first-order chi connectivity index (χ1) is 12.5. The molecule has 0 heterocycles. The Kier molecular flexibility index (Phi) is 6.11. The van der Waals surface area contributed by atoms with Crippen molar-refractivity contribution in [1.82, 2.24) is 4.72 Å². The summed E-state index contributed by atoms with van der Waals surface area (Å²) >= 11 is 0. The van der Waals surface area contributed by atoms with Gasteiger partial charge < -0.3 is 10.2 Å². The van der Waals surface area contributed by atoms with E-state index in [9.17, 15) is 26.4 Å². The molecule has 146 valence electrons. The lowest BCUT2D eigenvalue weighted by Crippen LogP contribution is -2.33. The maximum Gasteiger partial charge on any atom is 0.416 e. The minimum absolute atomic E-state index is 0.478. The minimum atomic E-state index is -4.67. The molecule has 1 amide bonds. The van der Waals surface area contributed by atoms with Crippen LogP contribution in [-0.4, -0.2) is 35.0 Å². The molecule has 0 unspecified atom stereocenters. The molecule has 0 radical (unpaired) electrons. The number of amides is 1. The zero-order valence-corrected chi connectivity index (χ0v) is 15.4. The Balaban J connectivity index is 2.09. The highest BCUT2D eigenvalue weighted by Crippen LogP contribution is 2.30. The van der Waals surface area contributed by atoms with Crippen LogP contribution in [0.25, 0.3) is 0 Å². The number of nitrogens with zero attached hydrogens (tertiary/aromatic N) is 1. The number of halogens is 3. The smallest absolute Gasteiger partial charge is 0.376 e. The maximum absolute atomic E-state index is 12.7. The highest BCUT2D eigenvalue weighted by atomic mass is 32.2. The first-order valence-electron chi connectivity index (χ1n) is 7.74. The third-order valence-corrected chi connectivity index (χ3v) is 4.95. The number of rotatable bonds is 6. The summed E-state index contributed by atoms with van der Waals surface area (Å²) in [6.07, 6.45) is -4.67. The molecule has 0 saturated carbocycles. The van der Waals surface area contributed by atoms with Crippen molar-refractivity contribution in [2.45, 2.75) is 11.1 Å². The zero-order valence-electron chi connectivity index (χ0n) is 14.5. The molecule has 2 rings (SSSR count). The van der Waals surface area contributed by atoms with E-state index in [0.29, 0.717) is 17.4 Å². The van der Waals surface area contributed by atoms with E-state index in [1.54, 1.807) is 43.3 Å². The van der Waals surface area contributed by atoms with Crippen molar-refractivity contribution in [2.75, 3.05) is 30.9 Å². The third kappa shape index (κ3) is 5.44. The monoisotopic (exact) mass is 401 g/mol. The second kappa shape index (κ2) is 7.97. The van der Waals surface area contributed by atoms with E-state index in [-0.39, 0.29) is 0 Å². The van der Waals surface area contributed by atoms with E-state index in [4.69, 9.17) is 0 Å². The molecular weight excluding hydrogens is 383 g/mol. The number of anilines is 2. The number of benzene rings is 2. The van der Waals surface area contributed by atoms with Gasteiger partial charge in [-0.2, -0.15) is 13.2 Å². The number of alkyl halides is 3. The highest BCUT2D eigenvalue weighted by molar-refractivity contribution is 7.89. The van der Waals surface area contributed by atoms with Crippen molar-refractivity contribution in [1.29, 1.82) is 0 Å². The van der Waals surface area contributed by atoms with Crippen LogP contribution in [-0.2, 0) is 21.0 Å². The summed E-state index contributed by atoms with van der Waals surface area (Å²) in [4.78, 5) is 13.3. The second-order valence-electron chi connectivity index (χ2n) is 5.81. The average Bonchev–Trinajstić information content (AvgIpc) is 2.60. The molecule has 2 aromatic carbocycles. The maximum atomic E-state index is 12.7. The van der Waals surface area contributed by atoms with Gasteiger partial charge in [-0.1, -0.05) is 18.2 Å². The number of para-hydroxylation sites is 2. The second-order valence-corrected chi connectivity index (χ2v) is 7.58. The Labute approximate surface area is 155 Å². The SMILES string of the molecule is CN(C)c1ccccc1NC(=O)CNS(=O)(=O)c1cccc(C(F)(F)F)c1. The van der Waals surface area contributed by atoms with Crippen molar-refractivity contribution in [3.63, 3.8) is 0 Å². The summed E-state index contributed by atoms with van der Waals surface area (Å²) in [6.45, 7) is -0.625. The lowest BCUT2D eigenvalue weighted by atomic mass is 10.2. The average molecular weight is 401 g/mol. The quantitative estimate of drug-likeness (QED) is 0.780. The van der Waals surface area contributed by atoms with Gasteiger partial charge in [-0.3, -0.25) is 4.79 Å². The molecule has 0 atom stereocenters. The molecule has 0 aliphatic carbocycles. The number of carbonyl (C=O) groups excluding carboxylic acids is 1. The van der Waals surface area contributed by atoms with Gasteiger partial charge in [0, 0.05) is 14.1 Å². The van der Waals surface area contributed by atoms with Crippen LogP contribution in [0.2, 0.25) is 0 Å². The van der Waals surface area contributed by atoms with Crippen LogP contribution in [0.1, 0.15) is 5.56 Å². The Morgan fingerprint density at radius 3 is 2.37 bits per heavy atom. The normalized spacial score (nSPS) is 11.9. The standard InChI is InChI=1S/C17H18F3N3O3S/c1-23(2)15-9-4-3-8-14(15)22-16(24)11-21-27(25,26)13-7-5-6-12(10-13)17(18,19)20/h3-10,21H,11H2,1-2H3,(H,22,24). The van der Waals surface area contributed by atoms with Gasteiger partial charge in [-0.15, -0.1) is 0 Å². The van der Waals surface area contributed by atoms with Crippen LogP contribution in [0, 0.1) is 0 Å². The molecule has 0 bridgehead atoms. The van der Waals surface area contributed by atoms with Crippen LogP contribution in [0.3, 0.4) is 0 Å². The lowest BCUT2D eigenvalue weighted by Gasteiger charge is -2.17. The predicted octanol–water partition coefficient (Wildman–Crippen LogP) is 2.69. The Morgan fingerprint density at radius 2 is 1.74 bits per heavy atom. The van der Waals surface area contributed by atoms with Crippen LogP contribution in [0.5, 0.6) is 0 Å².